The van der Waals surface area contributed by atoms with Crippen LogP contribution < -0.4 is 10.4 Å². The second-order valence-electron chi connectivity index (χ2n) is 14.7. The van der Waals surface area contributed by atoms with Gasteiger partial charge in [-0.1, -0.05) is 36.4 Å². The standard InChI is InChI=1S/C44H18F12O3S2/c45-41(46,47)23-9-21(10-24(17-23)42(48,49)50)35-29-13-19-16-32-30(14-20(19)15-31(29)37-27-5-1-3-7-33(27)60(57)39(35)37)36(40-38(32)28-6-2-4-8-34(28)61(40,58)59)22-11-25(43(51,52)53)18-26(12-22)44(54,55)56/h1-18H. The minimum Gasteiger partial charge on any atom is -0.249 e. The Kier molecular flexibility index (Phi) is 7.93. The second kappa shape index (κ2) is 12.3. The van der Waals surface area contributed by atoms with E-state index in [1.165, 1.54) is 54.6 Å². The Morgan fingerprint density at radius 1 is 0.426 bits per heavy atom. The Morgan fingerprint density at radius 2 is 0.852 bits per heavy atom. The van der Waals surface area contributed by atoms with Crippen molar-refractivity contribution in [2.24, 2.45) is 0 Å². The molecule has 4 aliphatic rings. The molecule has 0 spiro atoms. The van der Waals surface area contributed by atoms with Gasteiger partial charge in [-0.05, 0) is 116 Å². The third kappa shape index (κ3) is 5.72. The fourth-order valence-electron chi connectivity index (χ4n) is 8.64. The van der Waals surface area contributed by atoms with E-state index < -0.39 is 89.2 Å². The molecule has 17 heteroatoms. The van der Waals surface area contributed by atoms with Crippen LogP contribution in [0, 0.1) is 0 Å². The summed E-state index contributed by atoms with van der Waals surface area (Å²) in [5.41, 5.74) is -7.56. The fourth-order valence-corrected chi connectivity index (χ4v) is 12.2. The third-order valence-electron chi connectivity index (χ3n) is 11.1. The normalized spacial score (nSPS) is 17.8. The summed E-state index contributed by atoms with van der Waals surface area (Å²) >= 11 is 0. The topological polar surface area (TPSA) is 51.2 Å². The number of allylic oxidation sites excluding steroid dienone is 2. The van der Waals surface area contributed by atoms with Crippen LogP contribution in [0.5, 0.6) is 0 Å². The Morgan fingerprint density at radius 3 is 1.36 bits per heavy atom. The highest BCUT2D eigenvalue weighted by molar-refractivity contribution is 7.96. The number of fused-ring (bicyclic) bond motifs is 9. The predicted octanol–water partition coefficient (Wildman–Crippen LogP) is 10.8. The zero-order valence-electron chi connectivity index (χ0n) is 30.0. The molecule has 0 saturated heterocycles. The second-order valence-corrected chi connectivity index (χ2v) is 17.9. The molecule has 0 N–H and O–H groups in total. The average molecular weight is 887 g/mol. The predicted molar refractivity (Wildman–Crippen MR) is 200 cm³/mol. The number of alkyl halides is 12. The van der Waals surface area contributed by atoms with E-state index in [1.807, 2.05) is 0 Å². The van der Waals surface area contributed by atoms with Crippen molar-refractivity contribution < 1.29 is 65.3 Å². The van der Waals surface area contributed by atoms with Crippen LogP contribution in [-0.4, -0.2) is 12.6 Å². The van der Waals surface area contributed by atoms with Crippen molar-refractivity contribution >= 4 is 53.7 Å². The molecule has 0 bridgehead atoms. The number of hydrogen-bond acceptors (Lipinski definition) is 3. The number of hydrogen-bond donors (Lipinski definition) is 0. The van der Waals surface area contributed by atoms with Gasteiger partial charge in [-0.15, -0.1) is 0 Å². The summed E-state index contributed by atoms with van der Waals surface area (Å²) in [6.45, 7) is 0. The van der Waals surface area contributed by atoms with Gasteiger partial charge in [0.05, 0.1) is 52.7 Å². The van der Waals surface area contributed by atoms with E-state index in [9.17, 15) is 65.3 Å². The molecule has 1 unspecified atom stereocenters. The van der Waals surface area contributed by atoms with Gasteiger partial charge in [0, 0.05) is 33.4 Å². The highest BCUT2D eigenvalue weighted by Crippen LogP contribution is 2.53. The lowest BCUT2D eigenvalue weighted by molar-refractivity contribution is -0.144. The van der Waals surface area contributed by atoms with E-state index in [0.29, 0.717) is 29.8 Å². The monoisotopic (exact) mass is 886 g/mol. The molecule has 6 aromatic carbocycles. The first-order chi connectivity index (χ1) is 28.4. The highest BCUT2D eigenvalue weighted by Gasteiger charge is 2.45. The summed E-state index contributed by atoms with van der Waals surface area (Å²) < 4.78 is 213. The molecular weight excluding hydrogens is 869 g/mol. The summed E-state index contributed by atoms with van der Waals surface area (Å²) in [5.74, 6) is 0. The fraction of sp³-hybridized carbons (Fsp3) is 0.0909. The summed E-state index contributed by atoms with van der Waals surface area (Å²) in [4.78, 5) is -0.649. The molecule has 6 aromatic rings. The third-order valence-corrected chi connectivity index (χ3v) is 14.5. The van der Waals surface area contributed by atoms with Gasteiger partial charge in [0.1, 0.15) is 0 Å². The van der Waals surface area contributed by atoms with Crippen LogP contribution in [0.3, 0.4) is 0 Å². The molecule has 0 amide bonds. The molecular formula is C44H18F12O3S2. The lowest BCUT2D eigenvalue weighted by Crippen LogP contribution is -2.17. The molecule has 10 rings (SSSR count). The molecule has 1 atom stereocenters. The van der Waals surface area contributed by atoms with Crippen LogP contribution in [0.4, 0.5) is 52.7 Å². The van der Waals surface area contributed by atoms with E-state index in [2.05, 4.69) is 0 Å². The largest absolute Gasteiger partial charge is 0.416 e. The molecule has 0 radical (unpaired) electrons. The lowest BCUT2D eigenvalue weighted by Gasteiger charge is -2.16. The molecule has 308 valence electrons. The molecule has 0 aromatic heterocycles. The summed E-state index contributed by atoms with van der Waals surface area (Å²) in [5, 5.41) is 0.458. The van der Waals surface area contributed by atoms with Crippen LogP contribution >= 0.6 is 0 Å². The van der Waals surface area contributed by atoms with Gasteiger partial charge in [-0.2, -0.15) is 52.7 Å². The SMILES string of the molecule is O=S1C2=C(c3ccccc31)c1cc3cc4c(cc3cc1=C2c1cc(C(F)(F)F)cc(C(F)(F)F)c1)C1=C(C=4c2cc(C(F)(F)F)cc(C(F)(F)F)c2)S(=O)(=O)c2ccccc21. The molecule has 2 aliphatic heterocycles. The van der Waals surface area contributed by atoms with Gasteiger partial charge in [0.25, 0.3) is 0 Å². The maximum absolute atomic E-state index is 14.3. The van der Waals surface area contributed by atoms with E-state index in [0.717, 1.165) is 0 Å². The van der Waals surface area contributed by atoms with Crippen molar-refractivity contribution in [1.29, 1.82) is 0 Å². The molecule has 0 saturated carbocycles. The molecule has 2 aliphatic carbocycles. The first-order valence-corrected chi connectivity index (χ1v) is 20.4. The highest BCUT2D eigenvalue weighted by atomic mass is 32.2. The maximum atomic E-state index is 14.3. The van der Waals surface area contributed by atoms with E-state index in [1.54, 1.807) is 18.2 Å². The molecule has 0 fully saturated rings. The number of benzene rings is 6. The zero-order valence-corrected chi connectivity index (χ0v) is 31.6. The first-order valence-electron chi connectivity index (χ1n) is 17.8. The van der Waals surface area contributed by atoms with Crippen LogP contribution in [0.15, 0.2) is 129 Å². The quantitative estimate of drug-likeness (QED) is 0.163. The summed E-state index contributed by atoms with van der Waals surface area (Å²) in [7, 11) is -6.71. The minimum absolute atomic E-state index is 0.0264. The van der Waals surface area contributed by atoms with Gasteiger partial charge >= 0.3 is 24.7 Å². The van der Waals surface area contributed by atoms with Crippen molar-refractivity contribution in [3.05, 3.63) is 185 Å². The first kappa shape index (κ1) is 39.2. The van der Waals surface area contributed by atoms with Crippen LogP contribution in [0.25, 0.3) is 33.1 Å². The maximum Gasteiger partial charge on any atom is 0.416 e. The van der Waals surface area contributed by atoms with Crippen LogP contribution in [0.2, 0.25) is 0 Å². The van der Waals surface area contributed by atoms with Crippen molar-refractivity contribution in [2.75, 3.05) is 0 Å². The Balaban J connectivity index is 1.34. The van der Waals surface area contributed by atoms with Crippen molar-refractivity contribution in [2.45, 2.75) is 34.5 Å². The van der Waals surface area contributed by atoms with Gasteiger partial charge in [-0.25, -0.2) is 12.6 Å². The average Bonchev–Trinajstić information content (AvgIpc) is 3.85. The Labute approximate surface area is 337 Å². The van der Waals surface area contributed by atoms with Gasteiger partial charge < -0.3 is 0 Å². The van der Waals surface area contributed by atoms with Gasteiger partial charge in [0.2, 0.25) is 9.84 Å². The summed E-state index contributed by atoms with van der Waals surface area (Å²) in [6.07, 6.45) is -21.0. The Hall–Kier alpha value is -5.94. The Bertz CT molecular complexity index is 3320. The lowest BCUT2D eigenvalue weighted by atomic mass is 9.93. The number of sulfone groups is 1. The number of halogens is 12. The van der Waals surface area contributed by atoms with Gasteiger partial charge in [0.15, 0.2) is 0 Å². The van der Waals surface area contributed by atoms with Crippen molar-refractivity contribution in [3.63, 3.8) is 0 Å². The zero-order chi connectivity index (χ0) is 43.5. The smallest absolute Gasteiger partial charge is 0.249 e. The van der Waals surface area contributed by atoms with E-state index >= 15 is 0 Å². The summed E-state index contributed by atoms with van der Waals surface area (Å²) in [6, 6.07) is 19.2. The van der Waals surface area contributed by atoms with E-state index in [4.69, 9.17) is 0 Å². The molecule has 3 nitrogen and oxygen atoms in total. The number of rotatable bonds is 2. The van der Waals surface area contributed by atoms with Crippen LogP contribution in [-0.2, 0) is 45.3 Å². The minimum atomic E-state index is -5.28. The van der Waals surface area contributed by atoms with E-state index in [-0.39, 0.29) is 81.4 Å². The van der Waals surface area contributed by atoms with Crippen LogP contribution in [0.1, 0.15) is 55.6 Å². The molecule has 2 heterocycles. The van der Waals surface area contributed by atoms with Crippen molar-refractivity contribution in [1.82, 2.24) is 0 Å². The molecule has 61 heavy (non-hydrogen) atoms. The van der Waals surface area contributed by atoms with Gasteiger partial charge in [-0.3, -0.25) is 0 Å². The van der Waals surface area contributed by atoms with Crippen molar-refractivity contribution in [3.8, 4) is 0 Å².